The van der Waals surface area contributed by atoms with Crippen LogP contribution in [0.4, 0.5) is 0 Å². The summed E-state index contributed by atoms with van der Waals surface area (Å²) in [7, 11) is 0. The second kappa shape index (κ2) is 15.7. The molecule has 298 valence electrons. The van der Waals surface area contributed by atoms with Gasteiger partial charge in [-0.1, -0.05) is 62.4 Å². The van der Waals surface area contributed by atoms with E-state index in [2.05, 4.69) is 6.92 Å². The summed E-state index contributed by atoms with van der Waals surface area (Å²) in [6, 6.07) is 17.8. The first kappa shape index (κ1) is 40.4. The Balaban J connectivity index is 1.43. The largest absolute Gasteiger partial charge is 0.489 e. The van der Waals surface area contributed by atoms with Crippen molar-refractivity contribution >= 4 is 23.9 Å². The van der Waals surface area contributed by atoms with E-state index in [1.54, 1.807) is 0 Å². The van der Waals surface area contributed by atoms with Crippen molar-refractivity contribution in [2.45, 2.75) is 111 Å². The number of hydrogen-bond acceptors (Lipinski definition) is 11. The quantitative estimate of drug-likeness (QED) is 0.147. The molecule has 0 spiro atoms. The Morgan fingerprint density at radius 3 is 2.18 bits per heavy atom. The molecule has 1 heterocycles. The Morgan fingerprint density at radius 2 is 1.51 bits per heavy atom. The molecule has 1 aliphatic heterocycles. The molecule has 10 atom stereocenters. The molecule has 2 aromatic carbocycles. The maximum absolute atomic E-state index is 13.2. The summed E-state index contributed by atoms with van der Waals surface area (Å²) in [5.41, 5.74) is -1.15. The summed E-state index contributed by atoms with van der Waals surface area (Å²) in [4.78, 5) is 50.9. The van der Waals surface area contributed by atoms with Crippen LogP contribution in [0.1, 0.15) is 85.3 Å². The van der Waals surface area contributed by atoms with Gasteiger partial charge in [-0.05, 0) is 79.2 Å². The highest BCUT2D eigenvalue weighted by Gasteiger charge is 2.76. The first-order valence-corrected chi connectivity index (χ1v) is 19.4. The zero-order valence-electron chi connectivity index (χ0n) is 33.1. The maximum atomic E-state index is 13.2. The summed E-state index contributed by atoms with van der Waals surface area (Å²) in [5, 5.41) is 13.2. The number of hydrogen-bond donors (Lipinski definition) is 1. The monoisotopic (exact) mass is 760 g/mol. The molecular formula is C44H56O11. The van der Waals surface area contributed by atoms with Gasteiger partial charge >= 0.3 is 23.9 Å². The molecule has 0 amide bonds. The van der Waals surface area contributed by atoms with Crippen LogP contribution in [0.15, 0.2) is 66.2 Å². The molecule has 1 unspecified atom stereocenters. The van der Waals surface area contributed by atoms with Crippen LogP contribution in [-0.2, 0) is 55.9 Å². The third kappa shape index (κ3) is 7.42. The fourth-order valence-corrected chi connectivity index (χ4v) is 11.3. The van der Waals surface area contributed by atoms with Crippen LogP contribution in [-0.4, -0.2) is 72.7 Å². The Kier molecular flexibility index (Phi) is 11.6. The van der Waals surface area contributed by atoms with Crippen molar-refractivity contribution in [3.05, 3.63) is 77.4 Å². The molecule has 3 fully saturated rings. The van der Waals surface area contributed by atoms with Gasteiger partial charge < -0.3 is 33.5 Å². The average Bonchev–Trinajstić information content (AvgIpc) is 3.57. The lowest BCUT2D eigenvalue weighted by Crippen LogP contribution is -2.74. The van der Waals surface area contributed by atoms with E-state index < -0.39 is 75.9 Å². The number of rotatable bonds is 12. The fourth-order valence-electron chi connectivity index (χ4n) is 11.3. The number of aliphatic hydroxyl groups is 1. The van der Waals surface area contributed by atoms with Crippen molar-refractivity contribution in [3.63, 3.8) is 0 Å². The lowest BCUT2D eigenvalue weighted by atomic mass is 9.36. The summed E-state index contributed by atoms with van der Waals surface area (Å²) in [6.45, 7) is 12.5. The first-order chi connectivity index (χ1) is 26.1. The molecule has 11 nitrogen and oxygen atoms in total. The zero-order valence-corrected chi connectivity index (χ0v) is 33.1. The fraction of sp³-hybridized carbons (Fsp3) is 0.591. The highest BCUT2D eigenvalue weighted by molar-refractivity contribution is 5.68. The molecule has 2 saturated carbocycles. The standard InChI is InChI=1S/C44H56O11/c1-27-23-37(53-29(3)46)42(7)35(44(27,49)20-17-33-15-11-12-16-34(33)52-24-32-13-9-8-10-14-32)18-19-41(6)36-25-50-26-43(36,21-22-51-28(2)45)40(55-31(5)48)38(39(41)42)54-30(4)47/h8-16,23,35-40,49H,17-22,24-26H2,1-7H3/t35-,36+,37-,38+,39?,40+,41+,42-,43+,44-/m1/s1. The van der Waals surface area contributed by atoms with Gasteiger partial charge in [-0.3, -0.25) is 19.2 Å². The highest BCUT2D eigenvalue weighted by Crippen LogP contribution is 2.72. The second-order valence-electron chi connectivity index (χ2n) is 16.6. The number of carbonyl (C=O) groups excluding carboxylic acids is 4. The molecule has 4 aliphatic rings. The van der Waals surface area contributed by atoms with E-state index in [0.717, 1.165) is 16.9 Å². The minimum atomic E-state index is -1.35. The molecule has 0 bridgehead atoms. The van der Waals surface area contributed by atoms with Gasteiger partial charge in [0.05, 0.1) is 25.4 Å². The first-order valence-electron chi connectivity index (χ1n) is 19.4. The molecule has 0 aromatic heterocycles. The van der Waals surface area contributed by atoms with Crippen molar-refractivity contribution in [1.82, 2.24) is 0 Å². The number of ether oxygens (including phenoxy) is 6. The highest BCUT2D eigenvalue weighted by atomic mass is 16.6. The smallest absolute Gasteiger partial charge is 0.303 e. The molecule has 1 N–H and O–H groups in total. The number of benzene rings is 2. The van der Waals surface area contributed by atoms with Gasteiger partial charge in [-0.2, -0.15) is 0 Å². The summed E-state index contributed by atoms with van der Waals surface area (Å²) in [6.07, 6.45) is 1.43. The van der Waals surface area contributed by atoms with Gasteiger partial charge in [0, 0.05) is 50.4 Å². The molecule has 0 radical (unpaired) electrons. The Morgan fingerprint density at radius 1 is 0.836 bits per heavy atom. The Bertz CT molecular complexity index is 1790. The summed E-state index contributed by atoms with van der Waals surface area (Å²) in [5.74, 6) is -2.54. The van der Waals surface area contributed by atoms with E-state index in [9.17, 15) is 24.3 Å². The minimum Gasteiger partial charge on any atom is -0.489 e. The number of esters is 4. The number of carbonyl (C=O) groups is 4. The average molecular weight is 761 g/mol. The molecule has 55 heavy (non-hydrogen) atoms. The van der Waals surface area contributed by atoms with E-state index in [0.29, 0.717) is 50.9 Å². The van der Waals surface area contributed by atoms with Crippen LogP contribution in [0.2, 0.25) is 0 Å². The van der Waals surface area contributed by atoms with Crippen LogP contribution >= 0.6 is 0 Å². The van der Waals surface area contributed by atoms with Crippen molar-refractivity contribution in [1.29, 1.82) is 0 Å². The SMILES string of the molecule is CC(=O)OCC[C@]12COC[C@H]1[C@]1(C)CC[C@@H]3[C@@](C)(C1[C@H](OC(C)=O)[C@@H]2OC(C)=O)[C@H](OC(C)=O)C=C(C)[C@]3(O)CCc1ccccc1OCc1ccccc1. The van der Waals surface area contributed by atoms with Crippen LogP contribution in [0.25, 0.3) is 0 Å². The topological polar surface area (TPSA) is 144 Å². The second-order valence-corrected chi connectivity index (χ2v) is 16.6. The maximum Gasteiger partial charge on any atom is 0.303 e. The lowest BCUT2D eigenvalue weighted by molar-refractivity contribution is -0.287. The van der Waals surface area contributed by atoms with Gasteiger partial charge in [0.1, 0.15) is 30.7 Å². The van der Waals surface area contributed by atoms with Crippen molar-refractivity contribution < 1.29 is 52.7 Å². The van der Waals surface area contributed by atoms with Crippen molar-refractivity contribution in [2.75, 3.05) is 19.8 Å². The number of fused-ring (bicyclic) bond motifs is 5. The molecule has 6 rings (SSSR count). The third-order valence-electron chi connectivity index (χ3n) is 13.5. The van der Waals surface area contributed by atoms with E-state index >= 15 is 0 Å². The molecule has 2 aromatic rings. The minimum absolute atomic E-state index is 0.0642. The predicted molar refractivity (Wildman–Crippen MR) is 201 cm³/mol. The number of aryl methyl sites for hydroxylation is 1. The molecular weight excluding hydrogens is 704 g/mol. The van der Waals surface area contributed by atoms with Crippen LogP contribution in [0, 0.1) is 34.0 Å². The van der Waals surface area contributed by atoms with Crippen LogP contribution in [0.5, 0.6) is 5.75 Å². The van der Waals surface area contributed by atoms with Gasteiger partial charge in [0.25, 0.3) is 0 Å². The zero-order chi connectivity index (χ0) is 39.8. The van der Waals surface area contributed by atoms with Gasteiger partial charge in [0.2, 0.25) is 0 Å². The van der Waals surface area contributed by atoms with Gasteiger partial charge in [0.15, 0.2) is 0 Å². The Labute approximate surface area is 324 Å². The molecule has 11 heteroatoms. The summed E-state index contributed by atoms with van der Waals surface area (Å²) < 4.78 is 36.8. The van der Waals surface area contributed by atoms with Crippen molar-refractivity contribution in [2.24, 2.45) is 34.0 Å². The van der Waals surface area contributed by atoms with E-state index in [1.807, 2.05) is 74.5 Å². The lowest BCUT2D eigenvalue weighted by Gasteiger charge is -2.70. The number of para-hydroxylation sites is 1. The van der Waals surface area contributed by atoms with E-state index in [1.165, 1.54) is 27.7 Å². The Hall–Kier alpha value is -4.22. The summed E-state index contributed by atoms with van der Waals surface area (Å²) >= 11 is 0. The van der Waals surface area contributed by atoms with Crippen LogP contribution < -0.4 is 4.74 Å². The molecule has 1 saturated heterocycles. The third-order valence-corrected chi connectivity index (χ3v) is 13.5. The normalized spacial score (nSPS) is 34.9. The molecule has 3 aliphatic carbocycles. The van der Waals surface area contributed by atoms with Gasteiger partial charge in [-0.15, -0.1) is 0 Å². The van der Waals surface area contributed by atoms with Gasteiger partial charge in [-0.25, -0.2) is 0 Å². The van der Waals surface area contributed by atoms with Crippen LogP contribution in [0.3, 0.4) is 0 Å². The van der Waals surface area contributed by atoms with E-state index in [4.69, 9.17) is 28.4 Å². The van der Waals surface area contributed by atoms with E-state index in [-0.39, 0.29) is 19.1 Å². The van der Waals surface area contributed by atoms with Crippen molar-refractivity contribution in [3.8, 4) is 5.75 Å². The predicted octanol–water partition coefficient (Wildman–Crippen LogP) is 6.32.